The van der Waals surface area contributed by atoms with E-state index in [1.807, 2.05) is 0 Å². The summed E-state index contributed by atoms with van der Waals surface area (Å²) < 4.78 is 4.50. The lowest BCUT2D eigenvalue weighted by molar-refractivity contribution is -0.170. The van der Waals surface area contributed by atoms with Gasteiger partial charge in [0.15, 0.2) is 12.2 Å². The first-order valence-corrected chi connectivity index (χ1v) is 3.26. The molecule has 0 saturated carbocycles. The van der Waals surface area contributed by atoms with Crippen molar-refractivity contribution in [2.75, 3.05) is 6.61 Å². The topological polar surface area (TPSA) is 104 Å². The van der Waals surface area contributed by atoms with Crippen molar-refractivity contribution in [2.24, 2.45) is 0 Å². The molecule has 0 spiro atoms. The third kappa shape index (κ3) is 2.85. The van der Waals surface area contributed by atoms with Crippen molar-refractivity contribution < 1.29 is 29.6 Å². The van der Waals surface area contributed by atoms with E-state index in [2.05, 4.69) is 4.74 Å². The van der Waals surface area contributed by atoms with Gasteiger partial charge in [0.2, 0.25) is 0 Å². The Balaban J connectivity index is 4.28. The molecule has 0 fully saturated rings. The standard InChI is InChI=1S/C6H10O6/c1-2-12-4(6(10)11)3(7)5(8)9/h3-4,7H,2H2,1H3,(H,8,9)(H,10,11). The van der Waals surface area contributed by atoms with Crippen LogP contribution in [0.5, 0.6) is 0 Å². The van der Waals surface area contributed by atoms with Gasteiger partial charge in [0, 0.05) is 6.61 Å². The summed E-state index contributed by atoms with van der Waals surface area (Å²) in [5.41, 5.74) is 0. The van der Waals surface area contributed by atoms with Crippen LogP contribution in [-0.4, -0.2) is 46.1 Å². The SMILES string of the molecule is CCOC(C(=O)O)C(O)C(=O)O. The predicted molar refractivity (Wildman–Crippen MR) is 36.7 cm³/mol. The molecule has 0 aromatic heterocycles. The summed E-state index contributed by atoms with van der Waals surface area (Å²) >= 11 is 0. The van der Waals surface area contributed by atoms with Gasteiger partial charge >= 0.3 is 11.9 Å². The molecular formula is C6H10O6. The van der Waals surface area contributed by atoms with Crippen LogP contribution in [0.25, 0.3) is 0 Å². The Hall–Kier alpha value is -1.14. The monoisotopic (exact) mass is 178 g/mol. The van der Waals surface area contributed by atoms with Crippen LogP contribution in [0.3, 0.4) is 0 Å². The van der Waals surface area contributed by atoms with Gasteiger partial charge in [0.05, 0.1) is 0 Å². The van der Waals surface area contributed by atoms with Crippen molar-refractivity contribution in [1.29, 1.82) is 0 Å². The number of aliphatic hydroxyl groups excluding tert-OH is 1. The number of hydrogen-bond donors (Lipinski definition) is 3. The number of rotatable bonds is 5. The maximum Gasteiger partial charge on any atom is 0.336 e. The van der Waals surface area contributed by atoms with Gasteiger partial charge in [-0.15, -0.1) is 0 Å². The highest BCUT2D eigenvalue weighted by molar-refractivity contribution is 5.83. The quantitative estimate of drug-likeness (QED) is 0.494. The average molecular weight is 178 g/mol. The molecule has 0 saturated heterocycles. The molecule has 0 rings (SSSR count). The van der Waals surface area contributed by atoms with E-state index in [-0.39, 0.29) is 6.61 Å². The zero-order valence-corrected chi connectivity index (χ0v) is 6.43. The molecule has 70 valence electrons. The van der Waals surface area contributed by atoms with E-state index >= 15 is 0 Å². The van der Waals surface area contributed by atoms with Crippen molar-refractivity contribution in [2.45, 2.75) is 19.1 Å². The van der Waals surface area contributed by atoms with E-state index < -0.39 is 24.1 Å². The summed E-state index contributed by atoms with van der Waals surface area (Å²) in [6.45, 7) is 1.53. The first kappa shape index (κ1) is 10.9. The molecule has 0 bridgehead atoms. The lowest BCUT2D eigenvalue weighted by Crippen LogP contribution is -2.41. The molecule has 0 heterocycles. The molecule has 6 heteroatoms. The molecule has 0 radical (unpaired) electrons. The molecule has 6 nitrogen and oxygen atoms in total. The largest absolute Gasteiger partial charge is 0.479 e. The molecule has 2 atom stereocenters. The number of hydrogen-bond acceptors (Lipinski definition) is 4. The Kier molecular flexibility index (Phi) is 4.24. The van der Waals surface area contributed by atoms with E-state index in [9.17, 15) is 9.59 Å². The number of carbonyl (C=O) groups is 2. The van der Waals surface area contributed by atoms with Crippen LogP contribution in [0.2, 0.25) is 0 Å². The van der Waals surface area contributed by atoms with E-state index in [1.165, 1.54) is 6.92 Å². The fourth-order valence-corrected chi connectivity index (χ4v) is 0.607. The molecule has 3 N–H and O–H groups in total. The van der Waals surface area contributed by atoms with Gasteiger partial charge in [-0.3, -0.25) is 0 Å². The Labute approximate surface area is 68.4 Å². The number of aliphatic hydroxyl groups is 1. The summed E-state index contributed by atoms with van der Waals surface area (Å²) in [7, 11) is 0. The third-order valence-electron chi connectivity index (χ3n) is 1.13. The molecule has 0 aromatic rings. The average Bonchev–Trinajstić information content (AvgIpc) is 1.98. The van der Waals surface area contributed by atoms with Gasteiger partial charge < -0.3 is 20.1 Å². The van der Waals surface area contributed by atoms with Gasteiger partial charge in [0.1, 0.15) is 0 Å². The molecule has 0 aromatic carbocycles. The fourth-order valence-electron chi connectivity index (χ4n) is 0.607. The number of carboxylic acids is 2. The summed E-state index contributed by atoms with van der Waals surface area (Å²) in [6, 6.07) is 0. The Bertz CT molecular complexity index is 177. The van der Waals surface area contributed by atoms with Crippen LogP contribution < -0.4 is 0 Å². The zero-order valence-electron chi connectivity index (χ0n) is 6.43. The molecular weight excluding hydrogens is 168 g/mol. The summed E-state index contributed by atoms with van der Waals surface area (Å²) in [5, 5.41) is 25.4. The first-order valence-electron chi connectivity index (χ1n) is 3.26. The van der Waals surface area contributed by atoms with Crippen LogP contribution in [0.15, 0.2) is 0 Å². The number of carboxylic acid groups (broad SMARTS) is 2. The smallest absolute Gasteiger partial charge is 0.336 e. The molecule has 0 amide bonds. The maximum atomic E-state index is 10.3. The van der Waals surface area contributed by atoms with E-state index in [1.54, 1.807) is 0 Å². The van der Waals surface area contributed by atoms with Gasteiger partial charge in [-0.2, -0.15) is 0 Å². The minimum absolute atomic E-state index is 0.0291. The fraction of sp³-hybridized carbons (Fsp3) is 0.667. The second-order valence-corrected chi connectivity index (χ2v) is 2.00. The lowest BCUT2D eigenvalue weighted by atomic mass is 10.2. The third-order valence-corrected chi connectivity index (χ3v) is 1.13. The highest BCUT2D eigenvalue weighted by Crippen LogP contribution is 2.00. The van der Waals surface area contributed by atoms with Gasteiger partial charge in [-0.05, 0) is 6.92 Å². The van der Waals surface area contributed by atoms with Crippen LogP contribution in [0.4, 0.5) is 0 Å². The first-order chi connectivity index (χ1) is 5.50. The van der Waals surface area contributed by atoms with Gasteiger partial charge in [0.25, 0.3) is 0 Å². The van der Waals surface area contributed by atoms with Crippen molar-refractivity contribution in [1.82, 2.24) is 0 Å². The van der Waals surface area contributed by atoms with E-state index in [0.29, 0.717) is 0 Å². The maximum absolute atomic E-state index is 10.3. The number of ether oxygens (including phenoxy) is 1. The highest BCUT2D eigenvalue weighted by atomic mass is 16.5. The predicted octanol–water partition coefficient (Wildman–Crippen LogP) is -1.08. The zero-order chi connectivity index (χ0) is 9.72. The number of aliphatic carboxylic acids is 2. The summed E-state index contributed by atoms with van der Waals surface area (Å²) in [6.07, 6.45) is -3.73. The van der Waals surface area contributed by atoms with Gasteiger partial charge in [-0.1, -0.05) is 0 Å². The van der Waals surface area contributed by atoms with Crippen molar-refractivity contribution in [3.63, 3.8) is 0 Å². The van der Waals surface area contributed by atoms with E-state index in [4.69, 9.17) is 15.3 Å². The molecule has 0 aliphatic rings. The highest BCUT2D eigenvalue weighted by Gasteiger charge is 2.32. The van der Waals surface area contributed by atoms with Crippen LogP contribution in [0.1, 0.15) is 6.92 Å². The van der Waals surface area contributed by atoms with Gasteiger partial charge in [-0.25, -0.2) is 9.59 Å². The van der Waals surface area contributed by atoms with Crippen molar-refractivity contribution in [3.05, 3.63) is 0 Å². The summed E-state index contributed by atoms with van der Waals surface area (Å²) in [4.78, 5) is 20.4. The van der Waals surface area contributed by atoms with Crippen molar-refractivity contribution in [3.8, 4) is 0 Å². The van der Waals surface area contributed by atoms with Crippen LogP contribution >= 0.6 is 0 Å². The molecule has 2 unspecified atom stereocenters. The molecule has 0 aliphatic carbocycles. The van der Waals surface area contributed by atoms with Crippen LogP contribution in [-0.2, 0) is 14.3 Å². The Morgan fingerprint density at radius 2 is 1.83 bits per heavy atom. The minimum Gasteiger partial charge on any atom is -0.479 e. The van der Waals surface area contributed by atoms with Crippen LogP contribution in [0, 0.1) is 0 Å². The lowest BCUT2D eigenvalue weighted by Gasteiger charge is -2.14. The molecule has 0 aliphatic heterocycles. The normalized spacial score (nSPS) is 15.2. The second-order valence-electron chi connectivity index (χ2n) is 2.00. The second kappa shape index (κ2) is 4.68. The minimum atomic E-state index is -2.03. The Morgan fingerprint density at radius 3 is 2.08 bits per heavy atom. The Morgan fingerprint density at radius 1 is 1.33 bits per heavy atom. The molecule has 12 heavy (non-hydrogen) atoms. The van der Waals surface area contributed by atoms with Crippen molar-refractivity contribution >= 4 is 11.9 Å². The van der Waals surface area contributed by atoms with E-state index in [0.717, 1.165) is 0 Å². The summed E-state index contributed by atoms with van der Waals surface area (Å²) in [5.74, 6) is -3.11.